The molecule has 1 N–H and O–H groups in total. The smallest absolute Gasteiger partial charge is 0.0947 e. The van der Waals surface area contributed by atoms with Gasteiger partial charge in [-0.25, -0.2) is 4.99 Å². The van der Waals surface area contributed by atoms with E-state index in [2.05, 4.69) is 222 Å². The van der Waals surface area contributed by atoms with Gasteiger partial charge in [-0.2, -0.15) is 0 Å². The molecule has 1 unspecified atom stereocenters. The number of hydrogen-bond donors (Lipinski definition) is 1. The van der Waals surface area contributed by atoms with Crippen molar-refractivity contribution in [1.29, 1.82) is 0 Å². The first-order valence-electron chi connectivity index (χ1n) is 20.1. The quantitative estimate of drug-likeness (QED) is 0.187. The first-order chi connectivity index (χ1) is 28.8. The second-order valence-electron chi connectivity index (χ2n) is 15.5. The highest BCUT2D eigenvalue weighted by molar-refractivity contribution is 6.15. The molecule has 1 atom stereocenters. The summed E-state index contributed by atoms with van der Waals surface area (Å²) in [5.74, 6) is 0. The Balaban J connectivity index is 1.15. The van der Waals surface area contributed by atoms with E-state index in [0.717, 1.165) is 28.3 Å². The molecule has 0 saturated heterocycles. The molecule has 0 bridgehead atoms. The number of fused-ring (bicyclic) bond motifs is 9. The van der Waals surface area contributed by atoms with Crippen LogP contribution in [0.5, 0.6) is 0 Å². The lowest BCUT2D eigenvalue weighted by molar-refractivity contribution is 0.769. The Kier molecular flexibility index (Phi) is 7.21. The molecule has 0 amide bonds. The van der Waals surface area contributed by atoms with Crippen LogP contribution in [-0.4, -0.2) is 10.3 Å². The number of aromatic nitrogens is 1. The zero-order valence-electron chi connectivity index (χ0n) is 31.7. The number of para-hydroxylation sites is 3. The van der Waals surface area contributed by atoms with Gasteiger partial charge in [-0.15, -0.1) is 0 Å². The van der Waals surface area contributed by atoms with Crippen molar-refractivity contribution in [3.8, 4) is 16.8 Å². The molecule has 0 saturated carbocycles. The lowest BCUT2D eigenvalue weighted by atomic mass is 9.67. The summed E-state index contributed by atoms with van der Waals surface area (Å²) in [6.07, 6.45) is 0. The Morgan fingerprint density at radius 3 is 1.95 bits per heavy atom. The fraction of sp³-hybridized carbons (Fsp3) is 0.0364. The Bertz CT molecular complexity index is 3210. The highest BCUT2D eigenvalue weighted by Gasteiger charge is 2.47. The van der Waals surface area contributed by atoms with Crippen molar-refractivity contribution >= 4 is 49.7 Å². The van der Waals surface area contributed by atoms with E-state index in [1.165, 1.54) is 71.5 Å². The Labute approximate surface area is 337 Å². The maximum atomic E-state index is 5.35. The summed E-state index contributed by atoms with van der Waals surface area (Å²) in [5, 5.41) is 8.83. The normalized spacial score (nSPS) is 15.1. The van der Waals surface area contributed by atoms with Crippen LogP contribution in [0, 0.1) is 0 Å². The largest absolute Gasteiger partial charge is 0.371 e. The molecule has 1 aliphatic carbocycles. The monoisotopic (exact) mass is 739 g/mol. The summed E-state index contributed by atoms with van der Waals surface area (Å²) in [4.78, 5) is 5.35. The van der Waals surface area contributed by atoms with Gasteiger partial charge in [-0.05, 0) is 92.2 Å². The van der Waals surface area contributed by atoms with Gasteiger partial charge >= 0.3 is 0 Å². The third-order valence-electron chi connectivity index (χ3n) is 12.5. The van der Waals surface area contributed by atoms with Gasteiger partial charge in [-0.3, -0.25) is 0 Å². The number of hydrogen-bond acceptors (Lipinski definition) is 2. The summed E-state index contributed by atoms with van der Waals surface area (Å²) in [6.45, 7) is 0. The molecule has 0 radical (unpaired) electrons. The molecule has 0 spiro atoms. The van der Waals surface area contributed by atoms with Gasteiger partial charge in [0.2, 0.25) is 0 Å². The Morgan fingerprint density at radius 2 is 1.16 bits per heavy atom. The summed E-state index contributed by atoms with van der Waals surface area (Å²) in [5.41, 5.74) is 15.9. The van der Waals surface area contributed by atoms with Gasteiger partial charge in [0.25, 0.3) is 0 Å². The molecule has 3 heteroatoms. The second kappa shape index (κ2) is 12.8. The van der Waals surface area contributed by atoms with Crippen molar-refractivity contribution in [2.24, 2.45) is 4.99 Å². The fourth-order valence-electron chi connectivity index (χ4n) is 10.0. The number of rotatable bonds is 5. The number of anilines is 1. The van der Waals surface area contributed by atoms with Crippen molar-refractivity contribution in [1.82, 2.24) is 4.57 Å². The fourth-order valence-corrected chi connectivity index (χ4v) is 10.0. The highest BCUT2D eigenvalue weighted by Crippen LogP contribution is 2.59. The van der Waals surface area contributed by atoms with Crippen molar-refractivity contribution < 1.29 is 0 Å². The molecule has 1 aliphatic heterocycles. The molecule has 2 heterocycles. The minimum atomic E-state index is -0.534. The van der Waals surface area contributed by atoms with Crippen LogP contribution in [0.25, 0.3) is 49.4 Å². The predicted molar refractivity (Wildman–Crippen MR) is 241 cm³/mol. The molecule has 0 fully saturated rings. The van der Waals surface area contributed by atoms with Crippen LogP contribution >= 0.6 is 0 Å². The number of nitrogens with one attached hydrogen (secondary N) is 1. The third-order valence-corrected chi connectivity index (χ3v) is 12.5. The molecule has 272 valence electrons. The first kappa shape index (κ1) is 32.7. The molecule has 2 aliphatic rings. The van der Waals surface area contributed by atoms with Gasteiger partial charge in [0.05, 0.1) is 39.6 Å². The van der Waals surface area contributed by atoms with E-state index in [0.29, 0.717) is 0 Å². The summed E-state index contributed by atoms with van der Waals surface area (Å²) in [6, 6.07) is 77.5. The van der Waals surface area contributed by atoms with E-state index in [-0.39, 0.29) is 6.04 Å². The van der Waals surface area contributed by atoms with Crippen molar-refractivity contribution in [3.05, 3.63) is 246 Å². The highest BCUT2D eigenvalue weighted by atomic mass is 15.0. The standard InChI is InChI=1S/C55H37N3/c1-4-18-37(19-5-1)53-54(57-49-29-14-13-28-48(49)56-53)38-20-16-25-41(33-38)58-50-30-15-12-27-43(50)44-34-45-47(35-51(44)58)55(39-21-6-2-7-22-39,40-23-8-3-9-24-40)46-32-31-36-17-10-11-26-42(36)52(45)46/h1-35,53,56H. The molecule has 58 heavy (non-hydrogen) atoms. The molecule has 10 aromatic rings. The average Bonchev–Trinajstić information content (AvgIpc) is 3.79. The van der Waals surface area contributed by atoms with E-state index >= 15 is 0 Å². The molecule has 1 aromatic heterocycles. The predicted octanol–water partition coefficient (Wildman–Crippen LogP) is 13.6. The van der Waals surface area contributed by atoms with E-state index in [1.807, 2.05) is 0 Å². The van der Waals surface area contributed by atoms with Gasteiger partial charge in [-0.1, -0.05) is 170 Å². The maximum Gasteiger partial charge on any atom is 0.0947 e. The zero-order valence-corrected chi connectivity index (χ0v) is 31.7. The SMILES string of the molecule is c1ccc(C2Nc3ccccc3N=C2c2cccc(-n3c4ccccc4c4cc5c(cc43)C(c3ccccc3)(c3ccccc3)c3ccc4ccccc4c3-5)c2)cc1. The minimum absolute atomic E-state index is 0.0987. The molecule has 3 nitrogen and oxygen atoms in total. The molecular weight excluding hydrogens is 703 g/mol. The summed E-state index contributed by atoms with van der Waals surface area (Å²) in [7, 11) is 0. The third kappa shape index (κ3) is 4.71. The van der Waals surface area contributed by atoms with Crippen LogP contribution in [0.1, 0.15) is 39.4 Å². The molecular formula is C55H37N3. The summed E-state index contributed by atoms with van der Waals surface area (Å²) >= 11 is 0. The number of aliphatic imine (C=N–C) groups is 1. The first-order valence-corrected chi connectivity index (χ1v) is 20.1. The van der Waals surface area contributed by atoms with E-state index in [9.17, 15) is 0 Å². The Morgan fingerprint density at radius 1 is 0.483 bits per heavy atom. The Hall–Kier alpha value is -7.49. The van der Waals surface area contributed by atoms with Crippen LogP contribution in [0.2, 0.25) is 0 Å². The van der Waals surface area contributed by atoms with Gasteiger partial charge in [0, 0.05) is 22.0 Å². The van der Waals surface area contributed by atoms with E-state index in [4.69, 9.17) is 4.99 Å². The number of nitrogens with zero attached hydrogens (tertiary/aromatic N) is 2. The van der Waals surface area contributed by atoms with Crippen LogP contribution < -0.4 is 5.32 Å². The van der Waals surface area contributed by atoms with Crippen LogP contribution in [0.4, 0.5) is 11.4 Å². The maximum absolute atomic E-state index is 5.35. The second-order valence-corrected chi connectivity index (χ2v) is 15.5. The topological polar surface area (TPSA) is 29.3 Å². The lowest BCUT2D eigenvalue weighted by Gasteiger charge is -2.34. The summed E-state index contributed by atoms with van der Waals surface area (Å²) < 4.78 is 2.47. The van der Waals surface area contributed by atoms with Gasteiger partial charge < -0.3 is 9.88 Å². The minimum Gasteiger partial charge on any atom is -0.371 e. The zero-order chi connectivity index (χ0) is 38.2. The number of benzene rings is 9. The van der Waals surface area contributed by atoms with Gasteiger partial charge in [0.15, 0.2) is 0 Å². The molecule has 12 rings (SSSR count). The lowest BCUT2D eigenvalue weighted by Crippen LogP contribution is -2.28. The van der Waals surface area contributed by atoms with Crippen LogP contribution in [-0.2, 0) is 5.41 Å². The average molecular weight is 740 g/mol. The van der Waals surface area contributed by atoms with Crippen molar-refractivity contribution in [2.75, 3.05) is 5.32 Å². The molecule has 9 aromatic carbocycles. The van der Waals surface area contributed by atoms with Crippen LogP contribution in [0.15, 0.2) is 217 Å². The van der Waals surface area contributed by atoms with Gasteiger partial charge in [0.1, 0.15) is 0 Å². The van der Waals surface area contributed by atoms with Crippen LogP contribution in [0.3, 0.4) is 0 Å². The van der Waals surface area contributed by atoms with Crippen molar-refractivity contribution in [2.45, 2.75) is 11.5 Å². The van der Waals surface area contributed by atoms with E-state index in [1.54, 1.807) is 0 Å². The van der Waals surface area contributed by atoms with Crippen molar-refractivity contribution in [3.63, 3.8) is 0 Å². The van der Waals surface area contributed by atoms with E-state index < -0.39 is 5.41 Å².